The average molecular weight is 340 g/mol. The van der Waals surface area contributed by atoms with Crippen molar-refractivity contribution in [3.05, 3.63) is 70.8 Å². The number of rotatable bonds is 4. The van der Waals surface area contributed by atoms with Crippen LogP contribution in [0.15, 0.2) is 54.6 Å². The third kappa shape index (κ3) is 5.18. The zero-order chi connectivity index (χ0) is 17.4. The van der Waals surface area contributed by atoms with Gasteiger partial charge in [-0.3, -0.25) is 0 Å². The van der Waals surface area contributed by atoms with Crippen molar-refractivity contribution in [2.45, 2.75) is 33.9 Å². The predicted octanol–water partition coefficient (Wildman–Crippen LogP) is 5.22. The molecule has 0 saturated carbocycles. The Morgan fingerprint density at radius 1 is 1.04 bits per heavy atom. The van der Waals surface area contributed by atoms with Gasteiger partial charge in [-0.1, -0.05) is 36.4 Å². The van der Waals surface area contributed by atoms with E-state index in [1.165, 1.54) is 4.70 Å². The van der Waals surface area contributed by atoms with Gasteiger partial charge in [-0.15, -0.1) is 11.3 Å². The van der Waals surface area contributed by atoms with Crippen LogP contribution < -0.4 is 10.5 Å². The SMILES string of the molecule is C/C=C\C.Cc1nc2cc(OCc3ccc(CN)cc3)ccc2s1. The fourth-order valence-corrected chi connectivity index (χ4v) is 2.86. The Hall–Kier alpha value is -2.17. The van der Waals surface area contributed by atoms with E-state index in [-0.39, 0.29) is 0 Å². The molecule has 1 aromatic heterocycles. The molecule has 4 heteroatoms. The zero-order valence-corrected chi connectivity index (χ0v) is 15.3. The molecule has 3 nitrogen and oxygen atoms in total. The van der Waals surface area contributed by atoms with Crippen molar-refractivity contribution in [3.63, 3.8) is 0 Å². The Morgan fingerprint density at radius 3 is 2.33 bits per heavy atom. The van der Waals surface area contributed by atoms with Crippen LogP contribution in [0.3, 0.4) is 0 Å². The van der Waals surface area contributed by atoms with E-state index in [0.29, 0.717) is 13.2 Å². The second kappa shape index (κ2) is 9.21. The van der Waals surface area contributed by atoms with Crippen molar-refractivity contribution < 1.29 is 4.74 Å². The molecule has 0 bridgehead atoms. The first-order valence-corrected chi connectivity index (χ1v) is 8.83. The van der Waals surface area contributed by atoms with Gasteiger partial charge in [-0.2, -0.15) is 0 Å². The van der Waals surface area contributed by atoms with E-state index in [1.54, 1.807) is 11.3 Å². The Kier molecular flexibility index (Phi) is 6.97. The van der Waals surface area contributed by atoms with Crippen LogP contribution in [0.2, 0.25) is 0 Å². The molecule has 2 aromatic carbocycles. The summed E-state index contributed by atoms with van der Waals surface area (Å²) < 4.78 is 7.01. The second-order valence-corrected chi connectivity index (χ2v) is 6.57. The van der Waals surface area contributed by atoms with Gasteiger partial charge in [0.1, 0.15) is 12.4 Å². The molecule has 0 unspecified atom stereocenters. The number of fused-ring (bicyclic) bond motifs is 1. The van der Waals surface area contributed by atoms with Crippen molar-refractivity contribution in [2.24, 2.45) is 5.73 Å². The summed E-state index contributed by atoms with van der Waals surface area (Å²) in [7, 11) is 0. The Labute approximate surface area is 147 Å². The molecule has 0 radical (unpaired) electrons. The second-order valence-electron chi connectivity index (χ2n) is 5.34. The summed E-state index contributed by atoms with van der Waals surface area (Å²) in [5.74, 6) is 0.853. The van der Waals surface area contributed by atoms with Crippen LogP contribution in [0.1, 0.15) is 30.0 Å². The first-order chi connectivity index (χ1) is 11.7. The first kappa shape index (κ1) is 18.2. The van der Waals surface area contributed by atoms with Gasteiger partial charge in [-0.25, -0.2) is 4.98 Å². The minimum Gasteiger partial charge on any atom is -0.489 e. The fraction of sp³-hybridized carbons (Fsp3) is 0.250. The number of allylic oxidation sites excluding steroid dienone is 2. The number of nitrogens with zero attached hydrogens (tertiary/aromatic N) is 1. The lowest BCUT2D eigenvalue weighted by atomic mass is 10.1. The Balaban J connectivity index is 0.000000471. The summed E-state index contributed by atoms with van der Waals surface area (Å²) in [4.78, 5) is 4.48. The van der Waals surface area contributed by atoms with Gasteiger partial charge < -0.3 is 10.5 Å². The van der Waals surface area contributed by atoms with Crippen molar-refractivity contribution in [1.82, 2.24) is 4.98 Å². The Morgan fingerprint density at radius 2 is 1.71 bits per heavy atom. The van der Waals surface area contributed by atoms with Gasteiger partial charge in [0.25, 0.3) is 0 Å². The zero-order valence-electron chi connectivity index (χ0n) is 14.5. The number of aryl methyl sites for hydroxylation is 1. The number of hydrogen-bond acceptors (Lipinski definition) is 4. The maximum absolute atomic E-state index is 5.82. The van der Waals surface area contributed by atoms with Gasteiger partial charge in [0.2, 0.25) is 0 Å². The quantitative estimate of drug-likeness (QED) is 0.662. The van der Waals surface area contributed by atoms with Crippen LogP contribution >= 0.6 is 11.3 Å². The molecule has 0 fully saturated rings. The average Bonchev–Trinajstić information content (AvgIpc) is 3.00. The summed E-state index contributed by atoms with van der Waals surface area (Å²) in [5, 5.41) is 1.08. The van der Waals surface area contributed by atoms with Crippen LogP contribution in [0.25, 0.3) is 10.2 Å². The van der Waals surface area contributed by atoms with E-state index in [1.807, 2.05) is 69.3 Å². The highest BCUT2D eigenvalue weighted by molar-refractivity contribution is 7.18. The maximum atomic E-state index is 5.82. The molecule has 3 rings (SSSR count). The van der Waals surface area contributed by atoms with Crippen LogP contribution in [0.4, 0.5) is 0 Å². The standard InChI is InChI=1S/C16H16N2OS.C4H8/c1-11-18-15-8-14(6-7-16(15)20-11)19-10-13-4-2-12(9-17)3-5-13;1-3-4-2/h2-8H,9-10,17H2,1H3;3-4H,1-2H3/b;4-3-. The molecule has 126 valence electrons. The van der Waals surface area contributed by atoms with Crippen LogP contribution in [-0.4, -0.2) is 4.98 Å². The Bertz CT molecular complexity index is 787. The van der Waals surface area contributed by atoms with E-state index >= 15 is 0 Å². The number of ether oxygens (including phenoxy) is 1. The van der Waals surface area contributed by atoms with Crippen molar-refractivity contribution >= 4 is 21.6 Å². The molecule has 0 aliphatic heterocycles. The molecule has 24 heavy (non-hydrogen) atoms. The molecule has 1 heterocycles. The largest absolute Gasteiger partial charge is 0.489 e. The van der Waals surface area contributed by atoms with Gasteiger partial charge in [0.05, 0.1) is 15.2 Å². The molecular formula is C20H24N2OS. The first-order valence-electron chi connectivity index (χ1n) is 8.01. The molecule has 2 N–H and O–H groups in total. The molecule has 0 amide bonds. The number of nitrogens with two attached hydrogens (primary N) is 1. The molecule has 0 saturated heterocycles. The maximum Gasteiger partial charge on any atom is 0.122 e. The highest BCUT2D eigenvalue weighted by Gasteiger charge is 2.03. The normalized spacial score (nSPS) is 10.7. The van der Waals surface area contributed by atoms with E-state index in [9.17, 15) is 0 Å². The van der Waals surface area contributed by atoms with Crippen molar-refractivity contribution in [2.75, 3.05) is 0 Å². The summed E-state index contributed by atoms with van der Waals surface area (Å²) in [6.45, 7) is 7.14. The smallest absolute Gasteiger partial charge is 0.122 e. The third-order valence-corrected chi connectivity index (χ3v) is 4.42. The lowest BCUT2D eigenvalue weighted by Gasteiger charge is -2.06. The highest BCUT2D eigenvalue weighted by Crippen LogP contribution is 2.25. The van der Waals surface area contributed by atoms with Crippen LogP contribution in [-0.2, 0) is 13.2 Å². The van der Waals surface area contributed by atoms with E-state index in [4.69, 9.17) is 10.5 Å². The molecule has 3 aromatic rings. The predicted molar refractivity (Wildman–Crippen MR) is 104 cm³/mol. The van der Waals surface area contributed by atoms with Crippen molar-refractivity contribution in [3.8, 4) is 5.75 Å². The van der Waals surface area contributed by atoms with E-state index < -0.39 is 0 Å². The van der Waals surface area contributed by atoms with Gasteiger partial charge in [-0.05, 0) is 44.0 Å². The summed E-state index contributed by atoms with van der Waals surface area (Å²) in [5.41, 5.74) is 8.85. The van der Waals surface area contributed by atoms with Crippen molar-refractivity contribution in [1.29, 1.82) is 0 Å². The number of hydrogen-bond donors (Lipinski definition) is 1. The minimum atomic E-state index is 0.555. The molecule has 0 spiro atoms. The number of aromatic nitrogens is 1. The summed E-state index contributed by atoms with van der Waals surface area (Å²) in [6, 6.07) is 14.2. The molecule has 0 atom stereocenters. The van der Waals surface area contributed by atoms with Crippen LogP contribution in [0.5, 0.6) is 5.75 Å². The highest BCUT2D eigenvalue weighted by atomic mass is 32.1. The minimum absolute atomic E-state index is 0.555. The number of thiazole rings is 1. The van der Waals surface area contributed by atoms with Gasteiger partial charge in [0, 0.05) is 12.6 Å². The summed E-state index contributed by atoms with van der Waals surface area (Å²) >= 11 is 1.70. The topological polar surface area (TPSA) is 48.1 Å². The molecule has 0 aliphatic rings. The van der Waals surface area contributed by atoms with E-state index in [2.05, 4.69) is 11.1 Å². The van der Waals surface area contributed by atoms with Gasteiger partial charge >= 0.3 is 0 Å². The molecular weight excluding hydrogens is 316 g/mol. The lowest BCUT2D eigenvalue weighted by Crippen LogP contribution is -1.98. The van der Waals surface area contributed by atoms with Gasteiger partial charge in [0.15, 0.2) is 0 Å². The van der Waals surface area contributed by atoms with Crippen LogP contribution in [0, 0.1) is 6.92 Å². The van der Waals surface area contributed by atoms with E-state index in [0.717, 1.165) is 27.4 Å². The number of benzene rings is 2. The summed E-state index contributed by atoms with van der Waals surface area (Å²) in [6.07, 6.45) is 4.00. The molecule has 0 aliphatic carbocycles. The fourth-order valence-electron chi connectivity index (χ4n) is 2.05. The third-order valence-electron chi connectivity index (χ3n) is 3.46. The monoisotopic (exact) mass is 340 g/mol. The lowest BCUT2D eigenvalue weighted by molar-refractivity contribution is 0.306.